The molecule has 0 aliphatic carbocycles. The topological polar surface area (TPSA) is 102 Å². The first-order valence-corrected chi connectivity index (χ1v) is 6.41. The maximum atomic E-state index is 11.9. The van der Waals surface area contributed by atoms with Gasteiger partial charge in [0.15, 0.2) is 0 Å². The number of nitrogens with two attached hydrogens (primary N) is 1. The Bertz CT molecular complexity index is 542. The standard InChI is InChI=1S/C12H19N5O3/c1-16(2)8-5-11(18)17(14-6-8)7-9-3-4-10(20-9)12(19)15-13/h5-6,9-10H,3-4,7,13H2,1-2H3,(H,15,19). The lowest BCUT2D eigenvalue weighted by Gasteiger charge is -2.15. The molecule has 1 aromatic heterocycles. The zero-order valence-corrected chi connectivity index (χ0v) is 11.6. The molecule has 110 valence electrons. The molecule has 0 bridgehead atoms. The molecule has 0 spiro atoms. The summed E-state index contributed by atoms with van der Waals surface area (Å²) >= 11 is 0. The lowest BCUT2D eigenvalue weighted by Crippen LogP contribution is -2.39. The van der Waals surface area contributed by atoms with Crippen LogP contribution in [-0.2, 0) is 16.1 Å². The summed E-state index contributed by atoms with van der Waals surface area (Å²) in [6.07, 6.45) is 2.18. The molecule has 3 N–H and O–H groups in total. The van der Waals surface area contributed by atoms with Crippen LogP contribution in [0.1, 0.15) is 12.8 Å². The predicted molar refractivity (Wildman–Crippen MR) is 73.0 cm³/mol. The summed E-state index contributed by atoms with van der Waals surface area (Å²) in [4.78, 5) is 25.1. The monoisotopic (exact) mass is 281 g/mol. The Morgan fingerprint density at radius 1 is 1.60 bits per heavy atom. The molecule has 0 radical (unpaired) electrons. The van der Waals surface area contributed by atoms with Crippen molar-refractivity contribution in [1.29, 1.82) is 0 Å². The first-order chi connectivity index (χ1) is 9.51. The number of aromatic nitrogens is 2. The van der Waals surface area contributed by atoms with E-state index in [2.05, 4.69) is 10.5 Å². The van der Waals surface area contributed by atoms with Gasteiger partial charge in [0.1, 0.15) is 6.10 Å². The molecule has 8 heteroatoms. The quantitative estimate of drug-likeness (QED) is 0.410. The average molecular weight is 281 g/mol. The Kier molecular flexibility index (Phi) is 4.35. The molecule has 1 saturated heterocycles. The number of nitrogens with one attached hydrogen (secondary N) is 1. The van der Waals surface area contributed by atoms with E-state index in [0.29, 0.717) is 19.4 Å². The molecule has 1 aliphatic heterocycles. The SMILES string of the molecule is CN(C)c1cnn(CC2CCC(C(=O)NN)O2)c(=O)c1. The predicted octanol–water partition coefficient (Wildman–Crippen LogP) is -1.15. The second-order valence-electron chi connectivity index (χ2n) is 4.96. The first kappa shape index (κ1) is 14.5. The number of ether oxygens (including phenoxy) is 1. The van der Waals surface area contributed by atoms with Crippen LogP contribution in [0.2, 0.25) is 0 Å². The van der Waals surface area contributed by atoms with Gasteiger partial charge in [0.2, 0.25) is 0 Å². The highest BCUT2D eigenvalue weighted by Gasteiger charge is 2.30. The van der Waals surface area contributed by atoms with Gasteiger partial charge in [-0.15, -0.1) is 0 Å². The normalized spacial score (nSPS) is 21.8. The molecule has 0 saturated carbocycles. The number of hydrogen-bond donors (Lipinski definition) is 2. The maximum Gasteiger partial charge on any atom is 0.268 e. The second-order valence-corrected chi connectivity index (χ2v) is 4.96. The van der Waals surface area contributed by atoms with Crippen molar-refractivity contribution in [1.82, 2.24) is 15.2 Å². The Morgan fingerprint density at radius 2 is 2.35 bits per heavy atom. The van der Waals surface area contributed by atoms with Crippen LogP contribution >= 0.6 is 0 Å². The van der Waals surface area contributed by atoms with Crippen LogP contribution in [0.15, 0.2) is 17.1 Å². The zero-order valence-electron chi connectivity index (χ0n) is 11.6. The van der Waals surface area contributed by atoms with Gasteiger partial charge < -0.3 is 9.64 Å². The van der Waals surface area contributed by atoms with Gasteiger partial charge in [-0.25, -0.2) is 10.5 Å². The third-order valence-electron chi connectivity index (χ3n) is 3.29. The molecule has 2 unspecified atom stereocenters. The van der Waals surface area contributed by atoms with Gasteiger partial charge in [0.25, 0.3) is 11.5 Å². The Morgan fingerprint density at radius 3 is 2.95 bits per heavy atom. The summed E-state index contributed by atoms with van der Waals surface area (Å²) in [6.45, 7) is 0.334. The largest absolute Gasteiger partial charge is 0.376 e. The van der Waals surface area contributed by atoms with Crippen molar-refractivity contribution in [2.75, 3.05) is 19.0 Å². The Labute approximate surface area is 116 Å². The van der Waals surface area contributed by atoms with Crippen molar-refractivity contribution in [3.63, 3.8) is 0 Å². The number of nitrogens with zero attached hydrogens (tertiary/aromatic N) is 3. The molecule has 1 fully saturated rings. The van der Waals surface area contributed by atoms with Gasteiger partial charge in [0, 0.05) is 20.2 Å². The Balaban J connectivity index is 2.01. The highest BCUT2D eigenvalue weighted by atomic mass is 16.5. The lowest BCUT2D eigenvalue weighted by atomic mass is 10.2. The van der Waals surface area contributed by atoms with Crippen LogP contribution in [0.4, 0.5) is 5.69 Å². The maximum absolute atomic E-state index is 11.9. The van der Waals surface area contributed by atoms with Crippen molar-refractivity contribution in [2.24, 2.45) is 5.84 Å². The third kappa shape index (κ3) is 3.14. The molecule has 1 amide bonds. The summed E-state index contributed by atoms with van der Waals surface area (Å²) in [5, 5.41) is 4.11. The molecular formula is C12H19N5O3. The molecule has 8 nitrogen and oxygen atoms in total. The fourth-order valence-corrected chi connectivity index (χ4v) is 2.12. The molecule has 0 aromatic carbocycles. The number of hydrogen-bond acceptors (Lipinski definition) is 6. The second kappa shape index (κ2) is 6.02. The van der Waals surface area contributed by atoms with Crippen molar-refractivity contribution in [3.8, 4) is 0 Å². The smallest absolute Gasteiger partial charge is 0.268 e. The van der Waals surface area contributed by atoms with E-state index in [0.717, 1.165) is 5.69 Å². The fourth-order valence-electron chi connectivity index (χ4n) is 2.12. The minimum Gasteiger partial charge on any atom is -0.376 e. The van der Waals surface area contributed by atoms with Crippen molar-refractivity contribution >= 4 is 11.6 Å². The molecule has 1 aromatic rings. The molecule has 2 atom stereocenters. The van der Waals surface area contributed by atoms with E-state index in [1.54, 1.807) is 6.20 Å². The lowest BCUT2D eigenvalue weighted by molar-refractivity contribution is -0.132. The van der Waals surface area contributed by atoms with Gasteiger partial charge >= 0.3 is 0 Å². The van der Waals surface area contributed by atoms with Crippen molar-refractivity contribution in [3.05, 3.63) is 22.6 Å². The highest BCUT2D eigenvalue weighted by Crippen LogP contribution is 2.20. The van der Waals surface area contributed by atoms with Crippen LogP contribution in [0, 0.1) is 0 Å². The van der Waals surface area contributed by atoms with E-state index in [-0.39, 0.29) is 17.6 Å². The van der Waals surface area contributed by atoms with E-state index >= 15 is 0 Å². The van der Waals surface area contributed by atoms with Crippen molar-refractivity contribution in [2.45, 2.75) is 31.6 Å². The van der Waals surface area contributed by atoms with Crippen LogP contribution in [0.5, 0.6) is 0 Å². The molecule has 2 rings (SSSR count). The van der Waals surface area contributed by atoms with Gasteiger partial charge in [-0.3, -0.25) is 15.0 Å². The van der Waals surface area contributed by atoms with Gasteiger partial charge in [0.05, 0.1) is 24.5 Å². The number of amides is 1. The first-order valence-electron chi connectivity index (χ1n) is 6.41. The minimum absolute atomic E-state index is 0.188. The molecular weight excluding hydrogens is 262 g/mol. The third-order valence-corrected chi connectivity index (χ3v) is 3.29. The van der Waals surface area contributed by atoms with Crippen molar-refractivity contribution < 1.29 is 9.53 Å². The fraction of sp³-hybridized carbons (Fsp3) is 0.583. The van der Waals surface area contributed by atoms with Crippen LogP contribution < -0.4 is 21.7 Å². The van der Waals surface area contributed by atoms with E-state index in [1.807, 2.05) is 19.0 Å². The molecule has 1 aliphatic rings. The van der Waals surface area contributed by atoms with E-state index in [1.165, 1.54) is 10.7 Å². The number of hydrazine groups is 1. The summed E-state index contributed by atoms with van der Waals surface area (Å²) in [6, 6.07) is 1.52. The van der Waals surface area contributed by atoms with Crippen LogP contribution in [-0.4, -0.2) is 42.0 Å². The zero-order chi connectivity index (χ0) is 14.7. The highest BCUT2D eigenvalue weighted by molar-refractivity contribution is 5.80. The Hall–Kier alpha value is -1.93. The van der Waals surface area contributed by atoms with Gasteiger partial charge in [-0.1, -0.05) is 0 Å². The van der Waals surface area contributed by atoms with E-state index < -0.39 is 6.10 Å². The number of anilines is 1. The van der Waals surface area contributed by atoms with Gasteiger partial charge in [-0.2, -0.15) is 5.10 Å². The van der Waals surface area contributed by atoms with Crippen LogP contribution in [0.3, 0.4) is 0 Å². The molecule has 20 heavy (non-hydrogen) atoms. The minimum atomic E-state index is -0.540. The number of rotatable bonds is 4. The van der Waals surface area contributed by atoms with Crippen LogP contribution in [0.25, 0.3) is 0 Å². The number of carbonyl (C=O) groups excluding carboxylic acids is 1. The van der Waals surface area contributed by atoms with E-state index in [4.69, 9.17) is 10.6 Å². The van der Waals surface area contributed by atoms with Gasteiger partial charge in [-0.05, 0) is 12.8 Å². The summed E-state index contributed by atoms with van der Waals surface area (Å²) in [5.74, 6) is 4.73. The number of carbonyl (C=O) groups is 1. The summed E-state index contributed by atoms with van der Waals surface area (Å²) in [7, 11) is 3.69. The summed E-state index contributed by atoms with van der Waals surface area (Å²) < 4.78 is 6.90. The average Bonchev–Trinajstić information content (AvgIpc) is 2.88. The summed E-state index contributed by atoms with van der Waals surface area (Å²) in [5.41, 5.74) is 2.63. The van der Waals surface area contributed by atoms with E-state index in [9.17, 15) is 9.59 Å². The molecule has 2 heterocycles.